The molecule has 0 saturated heterocycles. The number of ether oxygens (including phenoxy) is 2. The molecule has 0 spiro atoms. The highest BCUT2D eigenvalue weighted by atomic mass is 16.6. The number of methoxy groups -OCH3 is 1. The standard InChI is InChI=1S/C19H20N2O6/c1-11-5-7-15(12(2)9-11)19(23)27-13(3)18(22)20-16-8-6-14(21(24)25)10-17(16)26-4/h5-10,13H,1-4H3,(H,20,22)/t13-/m1/s1. The number of aryl methyl sites for hydroxylation is 2. The van der Waals surface area contributed by atoms with Gasteiger partial charge in [-0.3, -0.25) is 14.9 Å². The van der Waals surface area contributed by atoms with Gasteiger partial charge in [0.1, 0.15) is 5.75 Å². The molecule has 0 aliphatic heterocycles. The van der Waals surface area contributed by atoms with Crippen molar-refractivity contribution in [3.8, 4) is 5.75 Å². The lowest BCUT2D eigenvalue weighted by molar-refractivity contribution is -0.384. The summed E-state index contributed by atoms with van der Waals surface area (Å²) in [5.41, 5.74) is 2.22. The van der Waals surface area contributed by atoms with Crippen LogP contribution in [0.2, 0.25) is 0 Å². The van der Waals surface area contributed by atoms with E-state index in [9.17, 15) is 19.7 Å². The van der Waals surface area contributed by atoms with E-state index in [-0.39, 0.29) is 17.1 Å². The summed E-state index contributed by atoms with van der Waals surface area (Å²) in [6.07, 6.45) is -1.07. The van der Waals surface area contributed by atoms with Crippen LogP contribution in [-0.4, -0.2) is 30.0 Å². The van der Waals surface area contributed by atoms with Gasteiger partial charge < -0.3 is 14.8 Å². The highest BCUT2D eigenvalue weighted by Gasteiger charge is 2.22. The highest BCUT2D eigenvalue weighted by Crippen LogP contribution is 2.29. The summed E-state index contributed by atoms with van der Waals surface area (Å²) in [5.74, 6) is -1.06. The van der Waals surface area contributed by atoms with Gasteiger partial charge in [0.2, 0.25) is 0 Å². The lowest BCUT2D eigenvalue weighted by atomic mass is 10.1. The van der Waals surface area contributed by atoms with E-state index in [0.717, 1.165) is 11.1 Å². The molecule has 27 heavy (non-hydrogen) atoms. The zero-order valence-corrected chi connectivity index (χ0v) is 15.4. The number of carbonyl (C=O) groups is 2. The number of carbonyl (C=O) groups excluding carboxylic acids is 2. The summed E-state index contributed by atoms with van der Waals surface area (Å²) in [5, 5.41) is 13.4. The average Bonchev–Trinajstić information content (AvgIpc) is 2.61. The third-order valence-corrected chi connectivity index (χ3v) is 3.91. The number of benzene rings is 2. The molecule has 0 aliphatic carbocycles. The SMILES string of the molecule is COc1cc([N+](=O)[O-])ccc1NC(=O)[C@@H](C)OC(=O)c1ccc(C)cc1C. The van der Waals surface area contributed by atoms with Gasteiger partial charge in [-0.15, -0.1) is 0 Å². The quantitative estimate of drug-likeness (QED) is 0.473. The molecule has 1 amide bonds. The van der Waals surface area contributed by atoms with Crippen LogP contribution in [0.4, 0.5) is 11.4 Å². The van der Waals surface area contributed by atoms with E-state index in [0.29, 0.717) is 5.56 Å². The first kappa shape index (κ1) is 19.9. The van der Waals surface area contributed by atoms with Gasteiger partial charge in [-0.05, 0) is 38.5 Å². The number of non-ortho nitro benzene ring substituents is 1. The van der Waals surface area contributed by atoms with Gasteiger partial charge in [-0.1, -0.05) is 17.7 Å². The molecule has 2 aromatic carbocycles. The van der Waals surface area contributed by atoms with Crippen molar-refractivity contribution in [2.45, 2.75) is 26.9 Å². The molecule has 142 valence electrons. The van der Waals surface area contributed by atoms with Crippen LogP contribution in [0.25, 0.3) is 0 Å². The number of nitrogens with zero attached hydrogens (tertiary/aromatic N) is 1. The van der Waals surface area contributed by atoms with Crippen molar-refractivity contribution in [1.82, 2.24) is 0 Å². The summed E-state index contributed by atoms with van der Waals surface area (Å²) in [4.78, 5) is 34.9. The van der Waals surface area contributed by atoms with E-state index in [2.05, 4.69) is 5.32 Å². The summed E-state index contributed by atoms with van der Waals surface area (Å²) >= 11 is 0. The summed E-state index contributed by atoms with van der Waals surface area (Å²) in [6, 6.07) is 9.08. The van der Waals surface area contributed by atoms with Crippen molar-refractivity contribution in [1.29, 1.82) is 0 Å². The Morgan fingerprint density at radius 2 is 1.85 bits per heavy atom. The van der Waals surface area contributed by atoms with Gasteiger partial charge in [0.05, 0.1) is 29.4 Å². The van der Waals surface area contributed by atoms with Gasteiger partial charge in [0.15, 0.2) is 6.10 Å². The van der Waals surface area contributed by atoms with Crippen LogP contribution in [0.15, 0.2) is 36.4 Å². The van der Waals surface area contributed by atoms with Gasteiger partial charge in [-0.25, -0.2) is 4.79 Å². The van der Waals surface area contributed by atoms with Gasteiger partial charge in [-0.2, -0.15) is 0 Å². The van der Waals surface area contributed by atoms with Gasteiger partial charge >= 0.3 is 5.97 Å². The van der Waals surface area contributed by atoms with Gasteiger partial charge in [0.25, 0.3) is 11.6 Å². The van der Waals surface area contributed by atoms with E-state index in [1.54, 1.807) is 19.1 Å². The maximum Gasteiger partial charge on any atom is 0.339 e. The minimum Gasteiger partial charge on any atom is -0.494 e. The number of nitrogens with one attached hydrogen (secondary N) is 1. The fourth-order valence-corrected chi connectivity index (χ4v) is 2.45. The number of amides is 1. The largest absolute Gasteiger partial charge is 0.494 e. The number of nitro groups is 1. The Morgan fingerprint density at radius 3 is 2.44 bits per heavy atom. The monoisotopic (exact) mass is 372 g/mol. The molecule has 1 N–H and O–H groups in total. The number of hydrogen-bond donors (Lipinski definition) is 1. The van der Waals surface area contributed by atoms with E-state index in [4.69, 9.17) is 9.47 Å². The van der Waals surface area contributed by atoms with Crippen molar-refractivity contribution < 1.29 is 24.0 Å². The molecule has 8 heteroatoms. The Bertz CT molecular complexity index is 894. The Hall–Kier alpha value is -3.42. The number of hydrogen-bond acceptors (Lipinski definition) is 6. The molecule has 0 radical (unpaired) electrons. The maximum atomic E-state index is 12.3. The van der Waals surface area contributed by atoms with Crippen LogP contribution in [0, 0.1) is 24.0 Å². The second-order valence-corrected chi connectivity index (χ2v) is 6.00. The van der Waals surface area contributed by atoms with Crippen LogP contribution < -0.4 is 10.1 Å². The van der Waals surface area contributed by atoms with Crippen LogP contribution in [0.1, 0.15) is 28.4 Å². The van der Waals surface area contributed by atoms with Crippen molar-refractivity contribution in [2.24, 2.45) is 0 Å². The van der Waals surface area contributed by atoms with Crippen LogP contribution in [0.3, 0.4) is 0 Å². The minimum atomic E-state index is -1.07. The summed E-state index contributed by atoms with van der Waals surface area (Å²) in [7, 11) is 1.33. The normalized spacial score (nSPS) is 11.4. The van der Waals surface area contributed by atoms with Crippen molar-refractivity contribution in [3.05, 3.63) is 63.2 Å². The van der Waals surface area contributed by atoms with Crippen molar-refractivity contribution in [3.63, 3.8) is 0 Å². The third kappa shape index (κ3) is 4.81. The van der Waals surface area contributed by atoms with E-state index in [1.807, 2.05) is 13.0 Å². The first-order valence-electron chi connectivity index (χ1n) is 8.14. The molecular formula is C19H20N2O6. The first-order chi connectivity index (χ1) is 12.7. The molecule has 2 aromatic rings. The second-order valence-electron chi connectivity index (χ2n) is 6.00. The molecule has 8 nitrogen and oxygen atoms in total. The van der Waals surface area contributed by atoms with Crippen LogP contribution >= 0.6 is 0 Å². The smallest absolute Gasteiger partial charge is 0.339 e. The Kier molecular flexibility index (Phi) is 6.12. The molecule has 0 saturated carbocycles. The van der Waals surface area contributed by atoms with Crippen molar-refractivity contribution >= 4 is 23.3 Å². The second kappa shape index (κ2) is 8.31. The minimum absolute atomic E-state index is 0.130. The Morgan fingerprint density at radius 1 is 1.15 bits per heavy atom. The maximum absolute atomic E-state index is 12.3. The fraction of sp³-hybridized carbons (Fsp3) is 0.263. The highest BCUT2D eigenvalue weighted by molar-refractivity contribution is 5.98. The van der Waals surface area contributed by atoms with E-state index in [1.165, 1.54) is 32.2 Å². The van der Waals surface area contributed by atoms with Crippen LogP contribution in [0.5, 0.6) is 5.75 Å². The lowest BCUT2D eigenvalue weighted by Gasteiger charge is -2.16. The molecule has 0 fully saturated rings. The molecular weight excluding hydrogens is 352 g/mol. The Balaban J connectivity index is 2.09. The molecule has 0 bridgehead atoms. The predicted molar refractivity (Wildman–Crippen MR) is 99.1 cm³/mol. The molecule has 1 atom stereocenters. The molecule has 0 heterocycles. The van der Waals surface area contributed by atoms with Crippen LogP contribution in [-0.2, 0) is 9.53 Å². The Labute approximate surface area is 156 Å². The molecule has 0 aliphatic rings. The topological polar surface area (TPSA) is 108 Å². The van der Waals surface area contributed by atoms with E-state index >= 15 is 0 Å². The zero-order chi connectivity index (χ0) is 20.1. The average molecular weight is 372 g/mol. The number of rotatable bonds is 6. The third-order valence-electron chi connectivity index (χ3n) is 3.91. The number of esters is 1. The number of anilines is 1. The fourth-order valence-electron chi connectivity index (χ4n) is 2.45. The summed E-state index contributed by atoms with van der Waals surface area (Å²) in [6.45, 7) is 5.14. The van der Waals surface area contributed by atoms with E-state index < -0.39 is 22.9 Å². The molecule has 2 rings (SSSR count). The predicted octanol–water partition coefficient (Wildman–Crippen LogP) is 3.40. The zero-order valence-electron chi connectivity index (χ0n) is 15.4. The lowest BCUT2D eigenvalue weighted by Crippen LogP contribution is -2.30. The molecule has 0 aromatic heterocycles. The van der Waals surface area contributed by atoms with Crippen molar-refractivity contribution in [2.75, 3.05) is 12.4 Å². The van der Waals surface area contributed by atoms with Gasteiger partial charge in [0, 0.05) is 6.07 Å². The first-order valence-corrected chi connectivity index (χ1v) is 8.14. The summed E-state index contributed by atoms with van der Waals surface area (Å²) < 4.78 is 10.3. The number of nitro benzene ring substituents is 1. The molecule has 0 unspecified atom stereocenters.